The van der Waals surface area contributed by atoms with Crippen LogP contribution in [-0.2, 0) is 22.4 Å². The summed E-state index contributed by atoms with van der Waals surface area (Å²) in [6, 6.07) is 14.1. The van der Waals surface area contributed by atoms with E-state index in [0.29, 0.717) is 12.2 Å². The van der Waals surface area contributed by atoms with Crippen LogP contribution in [0.4, 0.5) is 10.5 Å². The Morgan fingerprint density at radius 1 is 1.14 bits per heavy atom. The fourth-order valence-electron chi connectivity index (χ4n) is 6.11. The van der Waals surface area contributed by atoms with Gasteiger partial charge < -0.3 is 14.4 Å². The number of amides is 1. The molecule has 1 aliphatic carbocycles. The predicted octanol–water partition coefficient (Wildman–Crippen LogP) is 5.54. The van der Waals surface area contributed by atoms with Crippen LogP contribution in [0.1, 0.15) is 75.0 Å². The second-order valence-electron chi connectivity index (χ2n) is 10.3. The maximum atomic E-state index is 12.6. The fraction of sp³-hybridized carbons (Fsp3) is 0.483. The van der Waals surface area contributed by atoms with Crippen molar-refractivity contribution in [2.24, 2.45) is 5.92 Å². The molecule has 1 N–H and O–H groups in total. The number of aryl methyl sites for hydroxylation is 1. The summed E-state index contributed by atoms with van der Waals surface area (Å²) in [5.74, 6) is 0.906. The Bertz CT molecular complexity index is 1270. The van der Waals surface area contributed by atoms with Crippen molar-refractivity contribution in [1.82, 2.24) is 9.55 Å². The van der Waals surface area contributed by atoms with Gasteiger partial charge in [-0.05, 0) is 63.6 Å². The first-order chi connectivity index (χ1) is 17.4. The molecule has 0 spiro atoms. The summed E-state index contributed by atoms with van der Waals surface area (Å²) >= 11 is 0. The summed E-state index contributed by atoms with van der Waals surface area (Å²) in [5.41, 5.74) is 4.68. The van der Waals surface area contributed by atoms with Crippen molar-refractivity contribution in [1.29, 1.82) is 0 Å². The number of ketones is 1. The molecule has 5 rings (SSSR count). The molecule has 4 atom stereocenters. The smallest absolute Gasteiger partial charge is 0.414 e. The number of ether oxygens (including phenoxy) is 1. The molecular weight excluding hydrogens is 454 g/mol. The van der Waals surface area contributed by atoms with Crippen molar-refractivity contribution in [2.45, 2.75) is 77.0 Å². The van der Waals surface area contributed by atoms with Crippen molar-refractivity contribution >= 4 is 28.6 Å². The average molecular weight is 490 g/mol. The minimum absolute atomic E-state index is 0.0299. The Morgan fingerprint density at radius 3 is 2.64 bits per heavy atom. The van der Waals surface area contributed by atoms with E-state index in [1.54, 1.807) is 11.8 Å². The SMILES string of the molecule is COC(=O)N1c2ccc3c(nc([C@H](O)Cc4ccccc4)n3[C@@H]3CCC[C@@H](C(C)=O)C3)c2CC[C@@H]1C. The van der Waals surface area contributed by atoms with Crippen LogP contribution in [0, 0.1) is 5.92 Å². The van der Waals surface area contributed by atoms with Gasteiger partial charge in [0, 0.05) is 30.0 Å². The normalized spacial score (nSPS) is 22.8. The maximum absolute atomic E-state index is 12.6. The number of Topliss-reactive ketones (excluding diaryl/α,β-unsaturated/α-hetero) is 1. The number of hydrogen-bond donors (Lipinski definition) is 1. The lowest BCUT2D eigenvalue weighted by atomic mass is 9.83. The predicted molar refractivity (Wildman–Crippen MR) is 139 cm³/mol. The Morgan fingerprint density at radius 2 is 1.92 bits per heavy atom. The van der Waals surface area contributed by atoms with Gasteiger partial charge in [-0.25, -0.2) is 9.78 Å². The molecule has 1 aromatic heterocycles. The third-order valence-corrected chi connectivity index (χ3v) is 8.01. The summed E-state index contributed by atoms with van der Waals surface area (Å²) in [6.45, 7) is 3.71. The number of fused-ring (bicyclic) bond motifs is 3. The molecule has 1 fully saturated rings. The summed E-state index contributed by atoms with van der Waals surface area (Å²) in [6.07, 6.45) is 4.51. The van der Waals surface area contributed by atoms with Crippen molar-refractivity contribution in [3.05, 3.63) is 59.4 Å². The van der Waals surface area contributed by atoms with Crippen LogP contribution in [0.5, 0.6) is 0 Å². The van der Waals surface area contributed by atoms with E-state index in [9.17, 15) is 14.7 Å². The second kappa shape index (κ2) is 10.1. The summed E-state index contributed by atoms with van der Waals surface area (Å²) in [5, 5.41) is 11.5. The van der Waals surface area contributed by atoms with Gasteiger partial charge in [-0.3, -0.25) is 9.69 Å². The summed E-state index contributed by atoms with van der Waals surface area (Å²) in [4.78, 5) is 31.7. The van der Waals surface area contributed by atoms with E-state index in [0.717, 1.165) is 66.4 Å². The Kier molecular flexibility index (Phi) is 6.84. The van der Waals surface area contributed by atoms with Gasteiger partial charge in [0.15, 0.2) is 0 Å². The molecular formula is C29H35N3O4. The van der Waals surface area contributed by atoms with Crippen LogP contribution < -0.4 is 4.90 Å². The number of anilines is 1. The number of rotatable bonds is 5. The van der Waals surface area contributed by atoms with Gasteiger partial charge in [-0.1, -0.05) is 36.8 Å². The van der Waals surface area contributed by atoms with Crippen LogP contribution in [0.2, 0.25) is 0 Å². The van der Waals surface area contributed by atoms with E-state index in [1.807, 2.05) is 49.4 Å². The lowest BCUT2D eigenvalue weighted by Crippen LogP contribution is -2.42. The average Bonchev–Trinajstić information content (AvgIpc) is 3.29. The summed E-state index contributed by atoms with van der Waals surface area (Å²) < 4.78 is 7.27. The van der Waals surface area contributed by atoms with Crippen molar-refractivity contribution in [3.63, 3.8) is 0 Å². The molecule has 1 aliphatic heterocycles. The van der Waals surface area contributed by atoms with Gasteiger partial charge in [0.05, 0.1) is 23.8 Å². The second-order valence-corrected chi connectivity index (χ2v) is 10.3. The minimum Gasteiger partial charge on any atom is -0.452 e. The highest BCUT2D eigenvalue weighted by Gasteiger charge is 2.34. The summed E-state index contributed by atoms with van der Waals surface area (Å²) in [7, 11) is 1.41. The number of aromatic nitrogens is 2. The Labute approximate surface area is 212 Å². The van der Waals surface area contributed by atoms with E-state index in [2.05, 4.69) is 4.57 Å². The molecule has 190 valence electrons. The van der Waals surface area contributed by atoms with Gasteiger partial charge in [0.1, 0.15) is 17.7 Å². The van der Waals surface area contributed by atoms with Gasteiger partial charge >= 0.3 is 6.09 Å². The Balaban J connectivity index is 1.64. The fourth-order valence-corrected chi connectivity index (χ4v) is 6.11. The van der Waals surface area contributed by atoms with Gasteiger partial charge in [-0.15, -0.1) is 0 Å². The number of hydrogen-bond acceptors (Lipinski definition) is 5. The maximum Gasteiger partial charge on any atom is 0.414 e. The standard InChI is InChI=1S/C29H35N3O4/c1-18-12-13-23-24(31(18)29(35)36-3)14-15-25-27(23)30-28(26(34)16-20-8-5-4-6-9-20)32(25)22-11-7-10-21(17-22)19(2)33/h4-6,8-9,14-15,18,21-22,26,34H,7,10-13,16-17H2,1-3H3/t18-,21+,22+,26+/m0/s1. The zero-order chi connectivity index (χ0) is 25.4. The Hall–Kier alpha value is -3.19. The zero-order valence-electron chi connectivity index (χ0n) is 21.3. The van der Waals surface area contributed by atoms with E-state index >= 15 is 0 Å². The minimum atomic E-state index is -0.785. The lowest BCUT2D eigenvalue weighted by Gasteiger charge is -2.34. The highest BCUT2D eigenvalue weighted by molar-refractivity contribution is 5.95. The van der Waals surface area contributed by atoms with Crippen molar-refractivity contribution < 1.29 is 19.4 Å². The topological polar surface area (TPSA) is 84.7 Å². The van der Waals surface area contributed by atoms with Crippen LogP contribution in [-0.4, -0.2) is 39.7 Å². The molecule has 3 aromatic rings. The van der Waals surface area contributed by atoms with Crippen LogP contribution in [0.15, 0.2) is 42.5 Å². The van der Waals surface area contributed by atoms with Crippen molar-refractivity contribution in [3.8, 4) is 0 Å². The van der Waals surface area contributed by atoms with Crippen molar-refractivity contribution in [2.75, 3.05) is 12.0 Å². The van der Waals surface area contributed by atoms with E-state index < -0.39 is 6.10 Å². The van der Waals surface area contributed by atoms with Crippen LogP contribution in [0.25, 0.3) is 11.0 Å². The monoisotopic (exact) mass is 489 g/mol. The molecule has 7 nitrogen and oxygen atoms in total. The number of carbonyl (C=O) groups excluding carboxylic acids is 2. The third kappa shape index (κ3) is 4.41. The highest BCUT2D eigenvalue weighted by atomic mass is 16.5. The molecule has 0 radical (unpaired) electrons. The molecule has 1 amide bonds. The number of methoxy groups -OCH3 is 1. The first kappa shape index (κ1) is 24.5. The van der Waals surface area contributed by atoms with E-state index in [-0.39, 0.29) is 29.9 Å². The number of carbonyl (C=O) groups is 2. The molecule has 1 saturated carbocycles. The molecule has 0 saturated heterocycles. The number of benzene rings is 2. The first-order valence-electron chi connectivity index (χ1n) is 13.0. The molecule has 2 heterocycles. The molecule has 2 aliphatic rings. The highest BCUT2D eigenvalue weighted by Crippen LogP contribution is 2.41. The molecule has 0 bridgehead atoms. The van der Waals surface area contributed by atoms with Gasteiger partial charge in [0.25, 0.3) is 0 Å². The van der Waals surface area contributed by atoms with Gasteiger partial charge in [0.2, 0.25) is 0 Å². The number of aliphatic hydroxyl groups excluding tert-OH is 1. The zero-order valence-corrected chi connectivity index (χ0v) is 21.3. The number of imidazole rings is 1. The first-order valence-corrected chi connectivity index (χ1v) is 13.0. The van der Waals surface area contributed by atoms with Crippen LogP contribution >= 0.6 is 0 Å². The quantitative estimate of drug-likeness (QED) is 0.509. The third-order valence-electron chi connectivity index (χ3n) is 8.01. The number of nitrogens with zero attached hydrogens (tertiary/aromatic N) is 3. The van der Waals surface area contributed by atoms with E-state index in [1.165, 1.54) is 7.11 Å². The lowest BCUT2D eigenvalue weighted by molar-refractivity contribution is -0.122. The van der Waals surface area contributed by atoms with Crippen LogP contribution in [0.3, 0.4) is 0 Å². The molecule has 0 unspecified atom stereocenters. The molecule has 2 aromatic carbocycles. The van der Waals surface area contributed by atoms with Gasteiger partial charge in [-0.2, -0.15) is 0 Å². The largest absolute Gasteiger partial charge is 0.452 e. The number of aliphatic hydroxyl groups is 1. The molecule has 36 heavy (non-hydrogen) atoms. The van der Waals surface area contributed by atoms with E-state index in [4.69, 9.17) is 9.72 Å². The molecule has 7 heteroatoms.